The van der Waals surface area contributed by atoms with Crippen molar-refractivity contribution >= 4 is 17.4 Å². The van der Waals surface area contributed by atoms with E-state index in [0.29, 0.717) is 5.56 Å². The third-order valence-electron chi connectivity index (χ3n) is 4.61. The van der Waals surface area contributed by atoms with Crippen LogP contribution in [0, 0.1) is 12.8 Å². The summed E-state index contributed by atoms with van der Waals surface area (Å²) in [5.74, 6) is -0.238. The molecule has 1 saturated heterocycles. The molecule has 0 atom stereocenters. The Labute approximate surface area is 141 Å². The summed E-state index contributed by atoms with van der Waals surface area (Å²) in [6.07, 6.45) is 4.70. The van der Waals surface area contributed by atoms with E-state index in [0.717, 1.165) is 42.7 Å². The summed E-state index contributed by atoms with van der Waals surface area (Å²) in [5.41, 5.74) is 8.59. The van der Waals surface area contributed by atoms with Crippen LogP contribution in [0.1, 0.15) is 39.1 Å². The Kier molecular flexibility index (Phi) is 4.60. The van der Waals surface area contributed by atoms with Crippen LogP contribution in [0.25, 0.3) is 0 Å². The lowest BCUT2D eigenvalue weighted by Crippen LogP contribution is -2.37. The number of rotatable bonds is 4. The van der Waals surface area contributed by atoms with Gasteiger partial charge in [0.05, 0.1) is 11.3 Å². The van der Waals surface area contributed by atoms with Crippen LogP contribution in [0.2, 0.25) is 0 Å². The number of pyridine rings is 1. The van der Waals surface area contributed by atoms with Crippen molar-refractivity contribution in [3.63, 3.8) is 0 Å². The summed E-state index contributed by atoms with van der Waals surface area (Å²) in [4.78, 5) is 30.3. The number of primary amides is 1. The van der Waals surface area contributed by atoms with Crippen molar-refractivity contribution in [3.8, 4) is 0 Å². The first-order valence-corrected chi connectivity index (χ1v) is 8.16. The number of hydrogen-bond donors (Lipinski definition) is 1. The highest BCUT2D eigenvalue weighted by Crippen LogP contribution is 2.27. The van der Waals surface area contributed by atoms with Gasteiger partial charge in [-0.2, -0.15) is 0 Å². The normalized spacial score (nSPS) is 15.3. The van der Waals surface area contributed by atoms with Crippen molar-refractivity contribution in [2.45, 2.75) is 19.8 Å². The number of hydrogen-bond acceptors (Lipinski definition) is 4. The summed E-state index contributed by atoms with van der Waals surface area (Å²) < 4.78 is 0. The fraction of sp³-hybridized carbons (Fsp3) is 0.316. The highest BCUT2D eigenvalue weighted by Gasteiger charge is 2.27. The lowest BCUT2D eigenvalue weighted by Gasteiger charge is -2.33. The molecule has 0 bridgehead atoms. The molecule has 1 aromatic heterocycles. The van der Waals surface area contributed by atoms with E-state index in [9.17, 15) is 9.59 Å². The maximum absolute atomic E-state index is 12.6. The molecule has 3 rings (SSSR count). The van der Waals surface area contributed by atoms with Crippen molar-refractivity contribution in [2.75, 3.05) is 18.0 Å². The third kappa shape index (κ3) is 3.30. The van der Waals surface area contributed by atoms with Gasteiger partial charge in [0.2, 0.25) is 0 Å². The van der Waals surface area contributed by atoms with Gasteiger partial charge in [0.15, 0.2) is 5.78 Å². The average Bonchev–Trinajstić information content (AvgIpc) is 2.62. The quantitative estimate of drug-likeness (QED) is 0.878. The molecule has 1 aliphatic heterocycles. The van der Waals surface area contributed by atoms with Gasteiger partial charge in [-0.3, -0.25) is 14.6 Å². The van der Waals surface area contributed by atoms with Crippen LogP contribution in [0.3, 0.4) is 0 Å². The lowest BCUT2D eigenvalue weighted by atomic mass is 9.88. The minimum Gasteiger partial charge on any atom is -0.371 e. The second-order valence-electron chi connectivity index (χ2n) is 6.25. The molecular weight excluding hydrogens is 302 g/mol. The van der Waals surface area contributed by atoms with E-state index in [2.05, 4.69) is 9.88 Å². The maximum atomic E-state index is 12.6. The van der Waals surface area contributed by atoms with Crippen LogP contribution >= 0.6 is 0 Å². The molecule has 1 amide bonds. The predicted octanol–water partition coefficient (Wildman–Crippen LogP) is 2.59. The predicted molar refractivity (Wildman–Crippen MR) is 93.2 cm³/mol. The Morgan fingerprint density at radius 3 is 2.42 bits per heavy atom. The molecule has 5 heteroatoms. The zero-order valence-electron chi connectivity index (χ0n) is 13.7. The molecule has 2 N–H and O–H groups in total. The van der Waals surface area contributed by atoms with Crippen LogP contribution in [0.4, 0.5) is 5.69 Å². The van der Waals surface area contributed by atoms with E-state index in [1.165, 1.54) is 6.20 Å². The standard InChI is InChI=1S/C19H21N3O2/c1-13-2-4-14(5-3-13)18(23)15-7-10-22(11-8-15)17-6-9-21-12-16(17)19(20)24/h2-6,9,12,15H,7-8,10-11H2,1H3,(H2,20,24). The van der Waals surface area contributed by atoms with Gasteiger partial charge < -0.3 is 10.6 Å². The molecule has 5 nitrogen and oxygen atoms in total. The monoisotopic (exact) mass is 323 g/mol. The summed E-state index contributed by atoms with van der Waals surface area (Å²) >= 11 is 0. The molecule has 2 heterocycles. The van der Waals surface area contributed by atoms with E-state index >= 15 is 0 Å². The zero-order chi connectivity index (χ0) is 17.1. The van der Waals surface area contributed by atoms with Gasteiger partial charge >= 0.3 is 0 Å². The smallest absolute Gasteiger partial charge is 0.252 e. The molecule has 2 aromatic rings. The van der Waals surface area contributed by atoms with E-state index in [-0.39, 0.29) is 11.7 Å². The largest absolute Gasteiger partial charge is 0.371 e. The highest BCUT2D eigenvalue weighted by atomic mass is 16.1. The van der Waals surface area contributed by atoms with Crippen molar-refractivity contribution in [1.29, 1.82) is 0 Å². The first kappa shape index (κ1) is 16.2. The van der Waals surface area contributed by atoms with Gasteiger partial charge in [-0.05, 0) is 25.8 Å². The molecule has 1 fully saturated rings. The second kappa shape index (κ2) is 6.83. The SMILES string of the molecule is Cc1ccc(C(=O)C2CCN(c3ccncc3C(N)=O)CC2)cc1. The number of nitrogens with zero attached hydrogens (tertiary/aromatic N) is 2. The number of ketones is 1. The number of aryl methyl sites for hydroxylation is 1. The van der Waals surface area contributed by atoms with Crippen LogP contribution in [0.5, 0.6) is 0 Å². The van der Waals surface area contributed by atoms with Gasteiger partial charge in [0, 0.05) is 37.0 Å². The number of anilines is 1. The number of carbonyl (C=O) groups excluding carboxylic acids is 2. The van der Waals surface area contributed by atoms with Crippen molar-refractivity contribution in [1.82, 2.24) is 4.98 Å². The number of benzene rings is 1. The molecule has 1 aromatic carbocycles. The summed E-state index contributed by atoms with van der Waals surface area (Å²) in [6, 6.07) is 9.55. The van der Waals surface area contributed by atoms with Gasteiger partial charge in [-0.25, -0.2) is 0 Å². The number of carbonyl (C=O) groups is 2. The van der Waals surface area contributed by atoms with Gasteiger partial charge in [-0.1, -0.05) is 29.8 Å². The topological polar surface area (TPSA) is 76.3 Å². The number of piperidine rings is 1. The number of aromatic nitrogens is 1. The Balaban J connectivity index is 1.69. The van der Waals surface area contributed by atoms with Crippen molar-refractivity contribution < 1.29 is 9.59 Å². The Morgan fingerprint density at radius 2 is 1.79 bits per heavy atom. The second-order valence-corrected chi connectivity index (χ2v) is 6.25. The zero-order valence-corrected chi connectivity index (χ0v) is 13.7. The van der Waals surface area contributed by atoms with Gasteiger partial charge in [0.25, 0.3) is 5.91 Å². The molecule has 24 heavy (non-hydrogen) atoms. The van der Waals surface area contributed by atoms with E-state index < -0.39 is 5.91 Å². The molecule has 0 unspecified atom stereocenters. The Hall–Kier alpha value is -2.69. The van der Waals surface area contributed by atoms with Crippen molar-refractivity contribution in [2.24, 2.45) is 11.7 Å². The summed E-state index contributed by atoms with van der Waals surface area (Å²) in [6.45, 7) is 3.47. The van der Waals surface area contributed by atoms with E-state index in [1.54, 1.807) is 6.20 Å². The molecule has 0 saturated carbocycles. The van der Waals surface area contributed by atoms with Crippen LogP contribution < -0.4 is 10.6 Å². The van der Waals surface area contributed by atoms with Gasteiger partial charge in [-0.15, -0.1) is 0 Å². The van der Waals surface area contributed by atoms with Crippen LogP contribution in [-0.4, -0.2) is 29.8 Å². The number of nitrogens with two attached hydrogens (primary N) is 1. The molecular formula is C19H21N3O2. The minimum atomic E-state index is -0.476. The highest BCUT2D eigenvalue weighted by molar-refractivity contribution is 5.99. The van der Waals surface area contributed by atoms with Gasteiger partial charge in [0.1, 0.15) is 0 Å². The first-order valence-electron chi connectivity index (χ1n) is 8.16. The van der Waals surface area contributed by atoms with E-state index in [4.69, 9.17) is 5.73 Å². The fourth-order valence-corrected chi connectivity index (χ4v) is 3.19. The molecule has 0 aliphatic carbocycles. The average molecular weight is 323 g/mol. The van der Waals surface area contributed by atoms with Crippen LogP contribution in [0.15, 0.2) is 42.7 Å². The van der Waals surface area contributed by atoms with E-state index in [1.807, 2.05) is 37.3 Å². The molecule has 124 valence electrons. The number of Topliss-reactive ketones (excluding diaryl/α,β-unsaturated/α-hetero) is 1. The van der Waals surface area contributed by atoms with Crippen LogP contribution in [-0.2, 0) is 0 Å². The Morgan fingerprint density at radius 1 is 1.12 bits per heavy atom. The lowest BCUT2D eigenvalue weighted by molar-refractivity contribution is 0.0899. The summed E-state index contributed by atoms with van der Waals surface area (Å²) in [5, 5.41) is 0. The molecule has 1 aliphatic rings. The maximum Gasteiger partial charge on any atom is 0.252 e. The minimum absolute atomic E-state index is 0.0304. The number of amides is 1. The fourth-order valence-electron chi connectivity index (χ4n) is 3.19. The Bertz CT molecular complexity index is 747. The third-order valence-corrected chi connectivity index (χ3v) is 4.61. The van der Waals surface area contributed by atoms with Crippen molar-refractivity contribution in [3.05, 3.63) is 59.4 Å². The first-order chi connectivity index (χ1) is 11.6. The molecule has 0 spiro atoms. The summed E-state index contributed by atoms with van der Waals surface area (Å²) in [7, 11) is 0. The molecule has 0 radical (unpaired) electrons.